The largest absolute Gasteiger partial charge is 0.393 e. The molecule has 0 aliphatic heterocycles. The molecule has 0 spiro atoms. The van der Waals surface area contributed by atoms with E-state index in [1.165, 1.54) is 38.5 Å². The Morgan fingerprint density at radius 1 is 1.23 bits per heavy atom. The van der Waals surface area contributed by atoms with Gasteiger partial charge in [0.25, 0.3) is 0 Å². The number of aliphatic hydroxyl groups is 1. The summed E-state index contributed by atoms with van der Waals surface area (Å²) < 4.78 is 0. The molecule has 0 saturated heterocycles. The lowest BCUT2D eigenvalue weighted by molar-refractivity contribution is 0.128. The minimum absolute atomic E-state index is 0.0352. The van der Waals surface area contributed by atoms with E-state index in [0.29, 0.717) is 5.92 Å². The SMILES string of the molecule is CCCCC(O)C1C2CCCCC21. The monoisotopic (exact) mass is 182 g/mol. The van der Waals surface area contributed by atoms with Crippen molar-refractivity contribution in [3.63, 3.8) is 0 Å². The fourth-order valence-electron chi connectivity index (χ4n) is 3.22. The van der Waals surface area contributed by atoms with Crippen LogP contribution in [-0.2, 0) is 0 Å². The number of aliphatic hydroxyl groups excluding tert-OH is 1. The van der Waals surface area contributed by atoms with Crippen molar-refractivity contribution in [2.24, 2.45) is 17.8 Å². The summed E-state index contributed by atoms with van der Waals surface area (Å²) in [5.74, 6) is 2.54. The Balaban J connectivity index is 1.76. The van der Waals surface area contributed by atoms with Gasteiger partial charge in [0.1, 0.15) is 0 Å². The molecule has 3 unspecified atom stereocenters. The molecule has 0 heterocycles. The normalized spacial score (nSPS) is 39.7. The predicted octanol–water partition coefficient (Wildman–Crippen LogP) is 2.97. The highest BCUT2D eigenvalue weighted by atomic mass is 16.3. The molecule has 2 saturated carbocycles. The van der Waals surface area contributed by atoms with E-state index in [-0.39, 0.29) is 6.10 Å². The molecule has 0 aromatic carbocycles. The van der Waals surface area contributed by atoms with Gasteiger partial charge in [-0.05, 0) is 37.0 Å². The first-order chi connectivity index (χ1) is 6.34. The molecule has 2 fully saturated rings. The lowest BCUT2D eigenvalue weighted by atomic mass is 10.0. The number of hydrogen-bond acceptors (Lipinski definition) is 1. The topological polar surface area (TPSA) is 20.2 Å². The molecule has 0 aromatic heterocycles. The summed E-state index contributed by atoms with van der Waals surface area (Å²) >= 11 is 0. The molecular formula is C12H22O. The predicted molar refractivity (Wildman–Crippen MR) is 54.5 cm³/mol. The van der Waals surface area contributed by atoms with Gasteiger partial charge in [0.05, 0.1) is 6.10 Å². The molecule has 3 atom stereocenters. The van der Waals surface area contributed by atoms with Crippen LogP contribution in [0, 0.1) is 17.8 Å². The number of rotatable bonds is 4. The molecule has 2 aliphatic rings. The van der Waals surface area contributed by atoms with E-state index < -0.39 is 0 Å². The van der Waals surface area contributed by atoms with Gasteiger partial charge in [0.2, 0.25) is 0 Å². The standard InChI is InChI=1S/C12H22O/c1-2-3-8-11(13)12-9-6-4-5-7-10(9)12/h9-13H,2-8H2,1H3. The Kier molecular flexibility index (Phi) is 2.92. The van der Waals surface area contributed by atoms with Gasteiger partial charge in [0.15, 0.2) is 0 Å². The molecule has 1 heteroatoms. The van der Waals surface area contributed by atoms with Crippen molar-refractivity contribution < 1.29 is 5.11 Å². The molecule has 0 radical (unpaired) electrons. The Hall–Kier alpha value is -0.0400. The molecule has 1 nitrogen and oxygen atoms in total. The highest BCUT2D eigenvalue weighted by Gasteiger charge is 2.53. The average Bonchev–Trinajstić information content (AvgIpc) is 2.88. The fraction of sp³-hybridized carbons (Fsp3) is 1.00. The van der Waals surface area contributed by atoms with Gasteiger partial charge in [-0.25, -0.2) is 0 Å². The van der Waals surface area contributed by atoms with E-state index in [4.69, 9.17) is 0 Å². The second-order valence-corrected chi connectivity index (χ2v) is 4.90. The zero-order chi connectivity index (χ0) is 9.26. The molecule has 2 aliphatic carbocycles. The van der Waals surface area contributed by atoms with Crippen molar-refractivity contribution in [1.82, 2.24) is 0 Å². The Bertz CT molecular complexity index is 155. The number of unbranched alkanes of at least 4 members (excludes halogenated alkanes) is 1. The van der Waals surface area contributed by atoms with Crippen molar-refractivity contribution in [3.8, 4) is 0 Å². The van der Waals surface area contributed by atoms with Gasteiger partial charge < -0.3 is 5.11 Å². The van der Waals surface area contributed by atoms with Crippen molar-refractivity contribution in [1.29, 1.82) is 0 Å². The molecule has 1 N–H and O–H groups in total. The minimum Gasteiger partial charge on any atom is -0.393 e. The van der Waals surface area contributed by atoms with Gasteiger partial charge in [0, 0.05) is 0 Å². The van der Waals surface area contributed by atoms with Crippen molar-refractivity contribution in [2.75, 3.05) is 0 Å². The first-order valence-electron chi connectivity index (χ1n) is 6.02. The molecule has 0 bridgehead atoms. The maximum Gasteiger partial charge on any atom is 0.0573 e. The van der Waals surface area contributed by atoms with Gasteiger partial charge in [-0.2, -0.15) is 0 Å². The zero-order valence-electron chi connectivity index (χ0n) is 8.71. The summed E-state index contributed by atoms with van der Waals surface area (Å²) in [6.07, 6.45) is 9.14. The van der Waals surface area contributed by atoms with E-state index in [2.05, 4.69) is 6.92 Å². The fourth-order valence-corrected chi connectivity index (χ4v) is 3.22. The van der Waals surface area contributed by atoms with E-state index in [9.17, 15) is 5.11 Å². The van der Waals surface area contributed by atoms with Crippen LogP contribution in [0.15, 0.2) is 0 Å². The Labute approximate surface area is 81.5 Å². The second-order valence-electron chi connectivity index (χ2n) is 4.90. The quantitative estimate of drug-likeness (QED) is 0.708. The van der Waals surface area contributed by atoms with Crippen LogP contribution in [0.1, 0.15) is 51.9 Å². The highest BCUT2D eigenvalue weighted by molar-refractivity contribution is 5.02. The third-order valence-corrected chi connectivity index (χ3v) is 4.02. The summed E-state index contributed by atoms with van der Waals surface area (Å²) in [5.41, 5.74) is 0. The zero-order valence-corrected chi connectivity index (χ0v) is 8.71. The third-order valence-electron chi connectivity index (χ3n) is 4.02. The number of fused-ring (bicyclic) bond motifs is 1. The maximum absolute atomic E-state index is 9.95. The molecule has 0 amide bonds. The Morgan fingerprint density at radius 3 is 2.38 bits per heavy atom. The molecule has 0 aromatic rings. The van der Waals surface area contributed by atoms with Crippen molar-refractivity contribution >= 4 is 0 Å². The van der Waals surface area contributed by atoms with Crippen LogP contribution in [0.2, 0.25) is 0 Å². The van der Waals surface area contributed by atoms with Crippen LogP contribution in [-0.4, -0.2) is 11.2 Å². The maximum atomic E-state index is 9.95. The summed E-state index contributed by atoms with van der Waals surface area (Å²) in [5, 5.41) is 9.95. The van der Waals surface area contributed by atoms with E-state index in [1.807, 2.05) is 0 Å². The average molecular weight is 182 g/mol. The number of hydrogen-bond donors (Lipinski definition) is 1. The molecule has 13 heavy (non-hydrogen) atoms. The van der Waals surface area contributed by atoms with Gasteiger partial charge in [-0.3, -0.25) is 0 Å². The summed E-state index contributed by atoms with van der Waals surface area (Å²) in [7, 11) is 0. The van der Waals surface area contributed by atoms with Crippen molar-refractivity contribution in [2.45, 2.75) is 58.0 Å². The van der Waals surface area contributed by atoms with Gasteiger partial charge in [-0.1, -0.05) is 32.6 Å². The summed E-state index contributed by atoms with van der Waals surface area (Å²) in [6.45, 7) is 2.20. The van der Waals surface area contributed by atoms with Gasteiger partial charge in [-0.15, -0.1) is 0 Å². The minimum atomic E-state index is 0.0352. The van der Waals surface area contributed by atoms with E-state index in [1.54, 1.807) is 0 Å². The molecule has 2 rings (SSSR count). The highest BCUT2D eigenvalue weighted by Crippen LogP contribution is 2.57. The van der Waals surface area contributed by atoms with Crippen LogP contribution in [0.4, 0.5) is 0 Å². The summed E-state index contributed by atoms with van der Waals surface area (Å²) in [6, 6.07) is 0. The smallest absolute Gasteiger partial charge is 0.0573 e. The van der Waals surface area contributed by atoms with E-state index in [0.717, 1.165) is 18.3 Å². The first-order valence-corrected chi connectivity index (χ1v) is 6.02. The molecule has 76 valence electrons. The van der Waals surface area contributed by atoms with Crippen LogP contribution in [0.3, 0.4) is 0 Å². The first kappa shape index (κ1) is 9.51. The summed E-state index contributed by atoms with van der Waals surface area (Å²) in [4.78, 5) is 0. The van der Waals surface area contributed by atoms with Crippen molar-refractivity contribution in [3.05, 3.63) is 0 Å². The van der Waals surface area contributed by atoms with Crippen LogP contribution >= 0.6 is 0 Å². The van der Waals surface area contributed by atoms with E-state index >= 15 is 0 Å². The lowest BCUT2D eigenvalue weighted by Gasteiger charge is -2.08. The Morgan fingerprint density at radius 2 is 1.85 bits per heavy atom. The van der Waals surface area contributed by atoms with Crippen LogP contribution < -0.4 is 0 Å². The third kappa shape index (κ3) is 1.90. The second kappa shape index (κ2) is 4.00. The van der Waals surface area contributed by atoms with Crippen LogP contribution in [0.25, 0.3) is 0 Å². The lowest BCUT2D eigenvalue weighted by Crippen LogP contribution is -2.11. The molecular weight excluding hydrogens is 160 g/mol. The van der Waals surface area contributed by atoms with Gasteiger partial charge >= 0.3 is 0 Å². The van der Waals surface area contributed by atoms with Crippen LogP contribution in [0.5, 0.6) is 0 Å².